The number of rotatable bonds is 13. The van der Waals surface area contributed by atoms with Crippen LogP contribution in [0.15, 0.2) is 36.4 Å². The molecule has 0 aliphatic carbocycles. The third kappa shape index (κ3) is 7.78. The van der Waals surface area contributed by atoms with E-state index in [1.54, 1.807) is 29.2 Å². The van der Waals surface area contributed by atoms with Crippen molar-refractivity contribution in [3.63, 3.8) is 0 Å². The Morgan fingerprint density at radius 2 is 1.66 bits per heavy atom. The molecule has 3 amide bonds. The Kier molecular flexibility index (Phi) is 10.7. The number of hydrogen-bond acceptors (Lipinski definition) is 5. The molecule has 0 fully saturated rings. The maximum atomic E-state index is 13.1. The van der Waals surface area contributed by atoms with Crippen LogP contribution in [0.2, 0.25) is 0 Å². The molecule has 0 heterocycles. The van der Waals surface area contributed by atoms with E-state index in [1.807, 2.05) is 26.0 Å². The van der Waals surface area contributed by atoms with Crippen molar-refractivity contribution in [1.29, 1.82) is 0 Å². The average Bonchev–Trinajstić information content (AvgIpc) is 2.84. The number of unbranched alkanes of at least 4 members (excludes halogenated alkanes) is 2. The monoisotopic (exact) mass is 485 g/mol. The van der Waals surface area contributed by atoms with E-state index in [4.69, 9.17) is 5.21 Å². The topological polar surface area (TPSA) is 136 Å². The van der Waals surface area contributed by atoms with Gasteiger partial charge < -0.3 is 15.3 Å². The molecule has 2 rings (SSSR count). The van der Waals surface area contributed by atoms with Gasteiger partial charge in [0.25, 0.3) is 5.91 Å². The summed E-state index contributed by atoms with van der Waals surface area (Å²) in [5.74, 6) is -3.83. The Hall–Kier alpha value is -3.46. The van der Waals surface area contributed by atoms with Crippen LogP contribution in [-0.4, -0.2) is 52.0 Å². The van der Waals surface area contributed by atoms with Crippen molar-refractivity contribution in [2.45, 2.75) is 53.0 Å². The van der Waals surface area contributed by atoms with Gasteiger partial charge in [-0.1, -0.05) is 63.9 Å². The van der Waals surface area contributed by atoms with Gasteiger partial charge in [-0.15, -0.1) is 0 Å². The lowest BCUT2D eigenvalue weighted by atomic mass is 9.95. The molecule has 0 saturated heterocycles. The minimum Gasteiger partial charge on any atom is -0.478 e. The molecule has 0 bridgehead atoms. The Bertz CT molecular complexity index is 1050. The number of fused-ring (bicyclic) bond motifs is 1. The van der Waals surface area contributed by atoms with Crippen LogP contribution in [0.4, 0.5) is 0 Å². The van der Waals surface area contributed by atoms with E-state index in [2.05, 4.69) is 12.2 Å². The first-order chi connectivity index (χ1) is 16.7. The number of hydroxylamine groups is 1. The summed E-state index contributed by atoms with van der Waals surface area (Å²) in [4.78, 5) is 50.9. The van der Waals surface area contributed by atoms with Crippen LogP contribution in [0, 0.1) is 11.8 Å². The Labute approximate surface area is 205 Å². The second-order valence-electron chi connectivity index (χ2n) is 9.02. The quantitative estimate of drug-likeness (QED) is 0.149. The first-order valence-corrected chi connectivity index (χ1v) is 11.9. The number of carbonyl (C=O) groups is 4. The fourth-order valence-electron chi connectivity index (χ4n) is 4.02. The Balaban J connectivity index is 2.22. The van der Waals surface area contributed by atoms with Crippen molar-refractivity contribution in [1.82, 2.24) is 15.7 Å². The van der Waals surface area contributed by atoms with Gasteiger partial charge in [0.15, 0.2) is 0 Å². The van der Waals surface area contributed by atoms with Crippen molar-refractivity contribution in [2.75, 3.05) is 13.1 Å². The predicted octanol–water partition coefficient (Wildman–Crippen LogP) is 3.34. The number of nitrogens with zero attached hydrogens (tertiary/aromatic N) is 1. The van der Waals surface area contributed by atoms with Crippen molar-refractivity contribution >= 4 is 34.5 Å². The number of hydrogen-bond donors (Lipinski definition) is 4. The van der Waals surface area contributed by atoms with Gasteiger partial charge >= 0.3 is 5.97 Å². The van der Waals surface area contributed by atoms with Crippen molar-refractivity contribution in [3.05, 3.63) is 47.5 Å². The van der Waals surface area contributed by atoms with Crippen molar-refractivity contribution < 1.29 is 29.5 Å². The number of nitrogens with one attached hydrogen (secondary N) is 2. The zero-order valence-corrected chi connectivity index (χ0v) is 20.5. The van der Waals surface area contributed by atoms with Gasteiger partial charge in [0.2, 0.25) is 11.8 Å². The van der Waals surface area contributed by atoms with E-state index < -0.39 is 23.7 Å². The fraction of sp³-hybridized carbons (Fsp3) is 0.462. The van der Waals surface area contributed by atoms with Crippen LogP contribution in [0.1, 0.15) is 62.4 Å². The minimum absolute atomic E-state index is 0.0337. The van der Waals surface area contributed by atoms with E-state index in [0.29, 0.717) is 11.9 Å². The van der Waals surface area contributed by atoms with Crippen LogP contribution < -0.4 is 10.8 Å². The summed E-state index contributed by atoms with van der Waals surface area (Å²) in [6.07, 6.45) is 2.92. The maximum absolute atomic E-state index is 13.1. The van der Waals surface area contributed by atoms with Crippen LogP contribution >= 0.6 is 0 Å². The summed E-state index contributed by atoms with van der Waals surface area (Å²) in [6, 6.07) is 10.4. The van der Waals surface area contributed by atoms with Crippen LogP contribution in [0.5, 0.6) is 0 Å². The lowest BCUT2D eigenvalue weighted by Crippen LogP contribution is -2.45. The van der Waals surface area contributed by atoms with Gasteiger partial charge in [-0.05, 0) is 41.2 Å². The highest BCUT2D eigenvalue weighted by atomic mass is 16.5. The SMILES string of the molecule is CCCCCN(Cc1ccc(C(=O)O)c2ccccc12)C(=O)CNC(=O)C(CC(C)C)C(=O)NO. The zero-order valence-electron chi connectivity index (χ0n) is 20.5. The Morgan fingerprint density at radius 3 is 2.26 bits per heavy atom. The van der Waals surface area contributed by atoms with Gasteiger partial charge in [-0.25, -0.2) is 10.3 Å². The molecule has 0 aliphatic heterocycles. The minimum atomic E-state index is -1.10. The highest BCUT2D eigenvalue weighted by molar-refractivity contribution is 6.05. The van der Waals surface area contributed by atoms with E-state index >= 15 is 0 Å². The van der Waals surface area contributed by atoms with Crippen LogP contribution in [0.3, 0.4) is 0 Å². The number of benzene rings is 2. The molecule has 2 aromatic carbocycles. The summed E-state index contributed by atoms with van der Waals surface area (Å²) < 4.78 is 0. The first-order valence-electron chi connectivity index (χ1n) is 11.9. The molecule has 0 radical (unpaired) electrons. The largest absolute Gasteiger partial charge is 0.478 e. The molecule has 0 spiro atoms. The van der Waals surface area contributed by atoms with E-state index in [-0.39, 0.29) is 36.9 Å². The lowest BCUT2D eigenvalue weighted by Gasteiger charge is -2.25. The van der Waals surface area contributed by atoms with Crippen molar-refractivity contribution in [3.8, 4) is 0 Å². The van der Waals surface area contributed by atoms with Gasteiger partial charge in [0.1, 0.15) is 5.92 Å². The molecule has 1 unspecified atom stereocenters. The molecule has 190 valence electrons. The van der Waals surface area contributed by atoms with Crippen LogP contribution in [0.25, 0.3) is 10.8 Å². The molecular formula is C26H35N3O6. The average molecular weight is 486 g/mol. The molecule has 9 nitrogen and oxygen atoms in total. The number of carboxylic acid groups (broad SMARTS) is 1. The van der Waals surface area contributed by atoms with Gasteiger partial charge in [-0.2, -0.15) is 0 Å². The molecule has 4 N–H and O–H groups in total. The van der Waals surface area contributed by atoms with Crippen molar-refractivity contribution in [2.24, 2.45) is 11.8 Å². The summed E-state index contributed by atoms with van der Waals surface area (Å²) in [7, 11) is 0. The predicted molar refractivity (Wildman–Crippen MR) is 132 cm³/mol. The molecule has 1 atom stereocenters. The molecule has 2 aromatic rings. The molecule has 0 saturated carbocycles. The summed E-state index contributed by atoms with van der Waals surface area (Å²) in [5, 5.41) is 22.4. The highest BCUT2D eigenvalue weighted by Crippen LogP contribution is 2.24. The second-order valence-corrected chi connectivity index (χ2v) is 9.02. The molecular weight excluding hydrogens is 450 g/mol. The molecule has 0 aromatic heterocycles. The zero-order chi connectivity index (χ0) is 26.0. The standard InChI is InChI=1S/C26H35N3O6/c1-4-5-8-13-29(23(30)15-27-24(31)22(14-17(2)3)25(32)28-35)16-18-11-12-21(26(33)34)20-10-7-6-9-19(18)20/h6-7,9-12,17,22,35H,4-5,8,13-16H2,1-3H3,(H,27,31)(H,28,32)(H,33,34). The molecule has 35 heavy (non-hydrogen) atoms. The summed E-state index contributed by atoms with van der Waals surface area (Å²) >= 11 is 0. The normalized spacial score (nSPS) is 11.8. The molecule has 9 heteroatoms. The summed E-state index contributed by atoms with van der Waals surface area (Å²) in [6.45, 7) is 6.21. The molecule has 0 aliphatic rings. The third-order valence-electron chi connectivity index (χ3n) is 5.85. The fourth-order valence-corrected chi connectivity index (χ4v) is 4.02. The third-order valence-corrected chi connectivity index (χ3v) is 5.85. The van der Waals surface area contributed by atoms with E-state index in [0.717, 1.165) is 30.2 Å². The lowest BCUT2D eigenvalue weighted by molar-refractivity contribution is -0.143. The van der Waals surface area contributed by atoms with Gasteiger partial charge in [0.05, 0.1) is 12.1 Å². The Morgan fingerprint density at radius 1 is 0.971 bits per heavy atom. The number of aromatic carboxylic acids is 1. The van der Waals surface area contributed by atoms with Gasteiger partial charge in [-0.3, -0.25) is 19.6 Å². The highest BCUT2D eigenvalue weighted by Gasteiger charge is 2.28. The van der Waals surface area contributed by atoms with Crippen LogP contribution in [-0.2, 0) is 20.9 Å². The number of carboxylic acids is 1. The number of carbonyl (C=O) groups excluding carboxylic acids is 3. The smallest absolute Gasteiger partial charge is 0.336 e. The number of amides is 3. The second kappa shape index (κ2) is 13.4. The first kappa shape index (κ1) is 27.8. The maximum Gasteiger partial charge on any atom is 0.336 e. The summed E-state index contributed by atoms with van der Waals surface area (Å²) in [5.41, 5.74) is 2.52. The van der Waals surface area contributed by atoms with Gasteiger partial charge in [0, 0.05) is 13.1 Å². The van der Waals surface area contributed by atoms with E-state index in [1.165, 1.54) is 5.48 Å². The van der Waals surface area contributed by atoms with E-state index in [9.17, 15) is 24.3 Å².